The molecule has 0 spiro atoms. The van der Waals surface area contributed by atoms with Crippen molar-refractivity contribution < 1.29 is 34.1 Å². The summed E-state index contributed by atoms with van der Waals surface area (Å²) < 4.78 is 5.98. The zero-order chi connectivity index (χ0) is 34.5. The van der Waals surface area contributed by atoms with Crippen LogP contribution in [0.25, 0.3) is 0 Å². The van der Waals surface area contributed by atoms with E-state index >= 15 is 0 Å². The first-order chi connectivity index (χ1) is 23.6. The van der Waals surface area contributed by atoms with E-state index in [4.69, 9.17) is 17.7 Å². The highest BCUT2D eigenvalue weighted by Crippen LogP contribution is 2.32. The predicted octanol–water partition coefficient (Wildman–Crippen LogP) is 1.99. The molecule has 0 saturated carbocycles. The quantitative estimate of drug-likeness (QED) is 0.306. The Labute approximate surface area is 288 Å². The zero-order valence-electron chi connectivity index (χ0n) is 28.0. The molecule has 0 aromatic heterocycles. The second-order valence-electron chi connectivity index (χ2n) is 13.9. The number of phenolic OH excluding ortho intramolecular Hbond substituents is 1. The van der Waals surface area contributed by atoms with Crippen molar-refractivity contribution >= 4 is 43.0 Å². The van der Waals surface area contributed by atoms with Crippen LogP contribution in [0, 0.1) is 11.8 Å². The molecule has 6 rings (SSSR count). The Kier molecular flexibility index (Phi) is 11.0. The number of benzene rings is 2. The van der Waals surface area contributed by atoms with Gasteiger partial charge in [0, 0.05) is 68.8 Å². The van der Waals surface area contributed by atoms with E-state index in [1.165, 1.54) is 6.07 Å². The minimum Gasteiger partial charge on any atom is -0.565 e. The number of nitrogens with one attached hydrogen (secondary N) is 1. The van der Waals surface area contributed by atoms with E-state index in [-0.39, 0.29) is 42.0 Å². The van der Waals surface area contributed by atoms with E-state index in [0.29, 0.717) is 69.5 Å². The van der Waals surface area contributed by atoms with Crippen LogP contribution in [0.2, 0.25) is 0 Å². The van der Waals surface area contributed by atoms with E-state index in [2.05, 4.69) is 10.2 Å². The van der Waals surface area contributed by atoms with Crippen molar-refractivity contribution in [2.75, 3.05) is 57.7 Å². The van der Waals surface area contributed by atoms with Gasteiger partial charge in [0.05, 0.1) is 0 Å². The molecule has 3 fully saturated rings. The van der Waals surface area contributed by atoms with Gasteiger partial charge >= 0.3 is 18.1 Å². The van der Waals surface area contributed by atoms with Crippen LogP contribution in [0.15, 0.2) is 42.5 Å². The minimum atomic E-state index is -1.05. The number of carbonyl (C=O) groups excluding carboxylic acids is 4. The molecule has 4 N–H and O–H groups in total. The van der Waals surface area contributed by atoms with Crippen LogP contribution in [0.5, 0.6) is 5.75 Å². The van der Waals surface area contributed by atoms with Gasteiger partial charge in [-0.05, 0) is 80.2 Å². The lowest BCUT2D eigenvalue weighted by molar-refractivity contribution is -0.142. The maximum atomic E-state index is 14.0. The molecule has 49 heavy (non-hydrogen) atoms. The summed E-state index contributed by atoms with van der Waals surface area (Å²) in [5.41, 5.74) is 2.82. The predicted molar refractivity (Wildman–Crippen MR) is 185 cm³/mol. The third-order valence-corrected chi connectivity index (χ3v) is 10.8. The highest BCUT2D eigenvalue weighted by atomic mass is 16.6. The van der Waals surface area contributed by atoms with Gasteiger partial charge in [-0.2, -0.15) is 0 Å². The van der Waals surface area contributed by atoms with Crippen LogP contribution in [-0.4, -0.2) is 126 Å². The number of nitrogens with zero attached hydrogens (tertiary/aromatic N) is 4. The average molecular weight is 673 g/mol. The summed E-state index contributed by atoms with van der Waals surface area (Å²) in [4.78, 5) is 59.2. The third kappa shape index (κ3) is 8.49. The van der Waals surface area contributed by atoms with Crippen LogP contribution in [0.1, 0.15) is 49.7 Å². The number of hydrogen-bond donors (Lipinski definition) is 2. The second kappa shape index (κ2) is 15.5. The fourth-order valence-electron chi connectivity index (χ4n) is 7.92. The molecule has 1 unspecified atom stereocenters. The molecule has 4 amide bonds. The molecule has 4 aliphatic heterocycles. The summed E-state index contributed by atoms with van der Waals surface area (Å²) in [6.07, 6.45) is 3.53. The maximum absolute atomic E-state index is 14.0. The van der Waals surface area contributed by atoms with Crippen LogP contribution in [0.4, 0.5) is 15.3 Å². The van der Waals surface area contributed by atoms with Gasteiger partial charge in [-0.1, -0.05) is 35.8 Å². The first kappa shape index (κ1) is 34.6. The zero-order valence-corrected chi connectivity index (χ0v) is 28.0. The lowest BCUT2D eigenvalue weighted by Gasteiger charge is -2.38. The number of fused-ring (bicyclic) bond motifs is 1. The second-order valence-corrected chi connectivity index (χ2v) is 13.9. The van der Waals surface area contributed by atoms with Crippen molar-refractivity contribution in [1.29, 1.82) is 0 Å². The highest BCUT2D eigenvalue weighted by Gasteiger charge is 2.37. The van der Waals surface area contributed by atoms with Gasteiger partial charge in [0.2, 0.25) is 0 Å². The number of phenols is 1. The molecule has 12 nitrogen and oxygen atoms in total. The fraction of sp³-hybridized carbons (Fsp3) is 0.556. The van der Waals surface area contributed by atoms with E-state index in [1.807, 2.05) is 29.2 Å². The molecular formula is C36H47BN5O7+. The molecule has 0 bridgehead atoms. The van der Waals surface area contributed by atoms with Crippen molar-refractivity contribution in [2.24, 2.45) is 11.8 Å². The molecule has 2 atom stereocenters. The molecule has 4 aliphatic rings. The van der Waals surface area contributed by atoms with Gasteiger partial charge in [0.1, 0.15) is 20.0 Å². The van der Waals surface area contributed by atoms with Crippen LogP contribution < -0.4 is 10.8 Å². The molecule has 13 heteroatoms. The summed E-state index contributed by atoms with van der Waals surface area (Å²) in [5.74, 6) is 0.160. The van der Waals surface area contributed by atoms with Crippen LogP contribution in [-0.2, 0) is 27.2 Å². The smallest absolute Gasteiger partial charge is 0.517 e. The summed E-state index contributed by atoms with van der Waals surface area (Å²) in [5, 5.41) is 20.2. The maximum Gasteiger partial charge on any atom is 0.517 e. The number of urea groups is 1. The molecule has 4 heterocycles. The molecule has 2 aromatic carbocycles. The Bertz CT molecular complexity index is 1520. The number of rotatable bonds is 9. The van der Waals surface area contributed by atoms with E-state index in [1.54, 1.807) is 21.9 Å². The monoisotopic (exact) mass is 672 g/mol. The summed E-state index contributed by atoms with van der Waals surface area (Å²) >= 11 is 0. The number of amides is 4. The van der Waals surface area contributed by atoms with E-state index in [9.17, 15) is 24.3 Å². The lowest BCUT2D eigenvalue weighted by atomic mass is 9.83. The molecule has 260 valence electrons. The Morgan fingerprint density at radius 1 is 0.939 bits per heavy atom. The number of anilines is 1. The van der Waals surface area contributed by atoms with Crippen molar-refractivity contribution in [3.8, 4) is 5.75 Å². The standard InChI is InChI=1S/C36H46BN5O7/c37-29-21-24(5-6-31(29)43)22-32(34(46)40-16-8-25(9-17-40)27-7-14-39(23-27)15-13-33(44)45)49-36(48)41-18-11-28(12-19-41)42-20-10-26-3-1-2-4-30(26)38-35(42)47/h1-6,21,25,27-28,32,43H,7-20,22-23H2,(H,38,47)(H,44,45)/p+1/t27?,32-/m1/s1. The first-order valence-corrected chi connectivity index (χ1v) is 17.6. The SMILES string of the molecule is [B]c1cc(C[C@@H](OC(=O)N2CCC(N3CCc4ccccc4NC3=O)CC2)C(=O)N2CCC(C3CCN(CCC(=O)[OH2+])C3)CC2)ccc1O. The lowest BCUT2D eigenvalue weighted by Crippen LogP contribution is -2.51. The summed E-state index contributed by atoms with van der Waals surface area (Å²) in [6, 6.07) is 12.5. The topological polar surface area (TPSA) is 146 Å². The molecular weight excluding hydrogens is 625 g/mol. The van der Waals surface area contributed by atoms with Crippen molar-refractivity contribution in [3.05, 3.63) is 53.6 Å². The van der Waals surface area contributed by atoms with Crippen molar-refractivity contribution in [2.45, 2.75) is 63.5 Å². The van der Waals surface area contributed by atoms with Gasteiger partial charge in [0.25, 0.3) is 5.91 Å². The number of carbonyl (C=O) groups is 4. The van der Waals surface area contributed by atoms with Gasteiger partial charge < -0.3 is 39.9 Å². The largest absolute Gasteiger partial charge is 0.565 e. The van der Waals surface area contributed by atoms with Crippen LogP contribution in [0.3, 0.4) is 0 Å². The Morgan fingerprint density at radius 2 is 1.65 bits per heavy atom. The number of hydrogen-bond acceptors (Lipinski definition) is 7. The number of ether oxygens (including phenoxy) is 1. The van der Waals surface area contributed by atoms with E-state index in [0.717, 1.165) is 50.0 Å². The van der Waals surface area contributed by atoms with Gasteiger partial charge in [-0.15, -0.1) is 0 Å². The Hall–Kier alpha value is -4.26. The fourth-order valence-corrected chi connectivity index (χ4v) is 7.92. The number of piperidine rings is 2. The highest BCUT2D eigenvalue weighted by molar-refractivity contribution is 6.34. The van der Waals surface area contributed by atoms with Crippen molar-refractivity contribution in [3.63, 3.8) is 0 Å². The van der Waals surface area contributed by atoms with Crippen LogP contribution >= 0.6 is 0 Å². The van der Waals surface area contributed by atoms with Gasteiger partial charge in [-0.25, -0.2) is 9.59 Å². The summed E-state index contributed by atoms with van der Waals surface area (Å²) in [7, 11) is 5.95. The van der Waals surface area contributed by atoms with Crippen molar-refractivity contribution in [1.82, 2.24) is 19.6 Å². The van der Waals surface area contributed by atoms with Gasteiger partial charge in [0.15, 0.2) is 6.10 Å². The Balaban J connectivity index is 1.05. The minimum absolute atomic E-state index is 0.0100. The third-order valence-electron chi connectivity index (χ3n) is 10.8. The normalized spacial score (nSPS) is 21.5. The molecule has 2 radical (unpaired) electrons. The first-order valence-electron chi connectivity index (χ1n) is 17.6. The van der Waals surface area contributed by atoms with Gasteiger partial charge in [-0.3, -0.25) is 4.79 Å². The molecule has 0 aliphatic carbocycles. The van der Waals surface area contributed by atoms with E-state index < -0.39 is 18.2 Å². The number of likely N-dealkylation sites (tertiary alicyclic amines) is 3. The Morgan fingerprint density at radius 3 is 2.39 bits per heavy atom. The number of aromatic hydroxyl groups is 1. The number of para-hydroxylation sites is 1. The summed E-state index contributed by atoms with van der Waals surface area (Å²) in [6.45, 7) is 5.05. The molecule has 2 aromatic rings. The molecule has 3 saturated heterocycles. The average Bonchev–Trinajstić information content (AvgIpc) is 3.51.